The monoisotopic (exact) mass is 190 g/mol. The van der Waals surface area contributed by atoms with E-state index in [0.717, 1.165) is 7.11 Å². The molecule has 0 bridgehead atoms. The summed E-state index contributed by atoms with van der Waals surface area (Å²) in [6.07, 6.45) is 1.54. The molecule has 0 aromatic carbocycles. The maximum atomic E-state index is 7.00. The Labute approximate surface area is 75.9 Å². The fourth-order valence-corrected chi connectivity index (χ4v) is 0.759. The van der Waals surface area contributed by atoms with Crippen LogP contribution in [0.4, 0.5) is 5.69 Å². The van der Waals surface area contributed by atoms with Gasteiger partial charge in [-0.3, -0.25) is 0 Å². The van der Waals surface area contributed by atoms with Gasteiger partial charge < -0.3 is 15.6 Å². The number of rotatable bonds is 1. The van der Waals surface area contributed by atoms with Crippen molar-refractivity contribution < 1.29 is 9.84 Å². The summed E-state index contributed by atoms with van der Waals surface area (Å²) in [5.41, 5.74) is 5.85. The van der Waals surface area contributed by atoms with E-state index < -0.39 is 0 Å². The predicted molar refractivity (Wildman–Crippen MR) is 48.4 cm³/mol. The van der Waals surface area contributed by atoms with E-state index in [-0.39, 0.29) is 5.15 Å². The molecule has 4 nitrogen and oxygen atoms in total. The Kier molecular flexibility index (Phi) is 5.16. The first kappa shape index (κ1) is 11.0. The first-order chi connectivity index (χ1) is 5.75. The fraction of sp³-hybridized carbons (Fsp3) is 0.286. The second-order valence-electron chi connectivity index (χ2n) is 1.72. The largest absolute Gasteiger partial charge is 0.494 e. The quantitative estimate of drug-likeness (QED) is 0.647. The number of ether oxygens (including phenoxy) is 1. The molecule has 1 aromatic heterocycles. The Balaban J connectivity index is 0.000000561. The molecule has 1 heterocycles. The van der Waals surface area contributed by atoms with Gasteiger partial charge in [-0.1, -0.05) is 11.6 Å². The molecule has 1 rings (SSSR count). The zero-order valence-corrected chi connectivity index (χ0v) is 7.67. The summed E-state index contributed by atoms with van der Waals surface area (Å²) in [5.74, 6) is 0.556. The number of methoxy groups -OCH3 is 1. The van der Waals surface area contributed by atoms with Crippen LogP contribution in [-0.2, 0) is 0 Å². The molecule has 0 amide bonds. The number of aromatic nitrogens is 1. The normalized spacial score (nSPS) is 8.33. The van der Waals surface area contributed by atoms with Gasteiger partial charge in [0, 0.05) is 19.4 Å². The molecule has 0 aliphatic rings. The second-order valence-corrected chi connectivity index (χ2v) is 2.08. The summed E-state index contributed by atoms with van der Waals surface area (Å²) in [7, 11) is 2.53. The number of halogens is 1. The van der Waals surface area contributed by atoms with Gasteiger partial charge in [0.05, 0.1) is 7.11 Å². The molecular weight excluding hydrogens is 180 g/mol. The van der Waals surface area contributed by atoms with Crippen LogP contribution in [0.2, 0.25) is 5.15 Å². The summed E-state index contributed by atoms with van der Waals surface area (Å²) < 4.78 is 4.88. The molecule has 0 spiro atoms. The Bertz CT molecular complexity index is 243. The Hall–Kier alpha value is -1.00. The van der Waals surface area contributed by atoms with Gasteiger partial charge in [0.25, 0.3) is 0 Å². The van der Waals surface area contributed by atoms with Crippen LogP contribution in [0.3, 0.4) is 0 Å². The third-order valence-electron chi connectivity index (χ3n) is 1.12. The van der Waals surface area contributed by atoms with Crippen molar-refractivity contribution in [1.29, 1.82) is 0 Å². The molecule has 0 aliphatic carbocycles. The molecule has 12 heavy (non-hydrogen) atoms. The first-order valence-corrected chi connectivity index (χ1v) is 3.52. The van der Waals surface area contributed by atoms with E-state index in [1.165, 1.54) is 13.3 Å². The highest BCUT2D eigenvalue weighted by molar-refractivity contribution is 6.32. The molecule has 0 saturated heterocycles. The number of hydrogen-bond acceptors (Lipinski definition) is 4. The summed E-state index contributed by atoms with van der Waals surface area (Å²) in [6.45, 7) is 0. The number of aliphatic hydroxyl groups is 1. The van der Waals surface area contributed by atoms with Crippen molar-refractivity contribution in [2.45, 2.75) is 0 Å². The Morgan fingerprint density at radius 3 is 2.58 bits per heavy atom. The van der Waals surface area contributed by atoms with E-state index in [1.54, 1.807) is 6.07 Å². The van der Waals surface area contributed by atoms with E-state index >= 15 is 0 Å². The van der Waals surface area contributed by atoms with Crippen molar-refractivity contribution in [1.82, 2.24) is 4.98 Å². The predicted octanol–water partition coefficient (Wildman–Crippen LogP) is 0.934. The first-order valence-electron chi connectivity index (χ1n) is 3.14. The molecule has 5 heteroatoms. The summed E-state index contributed by atoms with van der Waals surface area (Å²) in [6, 6.07) is 1.65. The van der Waals surface area contributed by atoms with Crippen molar-refractivity contribution >= 4 is 17.3 Å². The molecule has 0 saturated carbocycles. The molecule has 3 N–H and O–H groups in total. The van der Waals surface area contributed by atoms with E-state index in [4.69, 9.17) is 27.2 Å². The molecule has 68 valence electrons. The van der Waals surface area contributed by atoms with Crippen molar-refractivity contribution in [3.05, 3.63) is 17.4 Å². The number of nitrogens with zero attached hydrogens (tertiary/aromatic N) is 1. The van der Waals surface area contributed by atoms with Gasteiger partial charge >= 0.3 is 0 Å². The lowest BCUT2D eigenvalue weighted by molar-refractivity contribution is 0.399. The van der Waals surface area contributed by atoms with Crippen molar-refractivity contribution in [2.75, 3.05) is 20.0 Å². The summed E-state index contributed by atoms with van der Waals surface area (Å²) in [5, 5.41) is 7.28. The van der Waals surface area contributed by atoms with E-state index in [1.807, 2.05) is 0 Å². The topological polar surface area (TPSA) is 68.4 Å². The van der Waals surface area contributed by atoms with Gasteiger partial charge in [-0.25, -0.2) is 4.98 Å². The number of nitrogens with two attached hydrogens (primary N) is 1. The number of anilines is 1. The van der Waals surface area contributed by atoms with Gasteiger partial charge in [-0.05, 0) is 0 Å². The minimum Gasteiger partial charge on any atom is -0.494 e. The molecular formula is C7H11ClN2O2. The van der Waals surface area contributed by atoms with E-state index in [9.17, 15) is 0 Å². The average molecular weight is 191 g/mol. The maximum absolute atomic E-state index is 7.00. The highest BCUT2D eigenvalue weighted by Crippen LogP contribution is 2.25. The summed E-state index contributed by atoms with van der Waals surface area (Å²) in [4.78, 5) is 3.75. The SMILES string of the molecule is CO.COc1ccnc(Cl)c1N. The van der Waals surface area contributed by atoms with Gasteiger partial charge in [0.1, 0.15) is 11.4 Å². The van der Waals surface area contributed by atoms with Gasteiger partial charge in [-0.15, -0.1) is 0 Å². The zero-order chi connectivity index (χ0) is 9.56. The van der Waals surface area contributed by atoms with Crippen LogP contribution >= 0.6 is 11.6 Å². The van der Waals surface area contributed by atoms with E-state index in [0.29, 0.717) is 11.4 Å². The van der Waals surface area contributed by atoms with Crippen molar-refractivity contribution in [3.8, 4) is 5.75 Å². The number of aliphatic hydroxyl groups excluding tert-OH is 1. The van der Waals surface area contributed by atoms with Gasteiger partial charge in [0.15, 0.2) is 5.15 Å². The third-order valence-corrected chi connectivity index (χ3v) is 1.42. The standard InChI is InChI=1S/C6H7ClN2O.CH4O/c1-10-4-2-3-9-6(7)5(4)8;1-2/h2-3H,8H2,1H3;2H,1H3. The molecule has 0 atom stereocenters. The number of nitrogen functional groups attached to an aromatic ring is 1. The molecule has 0 unspecified atom stereocenters. The highest BCUT2D eigenvalue weighted by atomic mass is 35.5. The zero-order valence-electron chi connectivity index (χ0n) is 6.91. The van der Waals surface area contributed by atoms with Crippen LogP contribution in [-0.4, -0.2) is 24.3 Å². The van der Waals surface area contributed by atoms with Crippen molar-refractivity contribution in [3.63, 3.8) is 0 Å². The lowest BCUT2D eigenvalue weighted by Gasteiger charge is -2.02. The van der Waals surface area contributed by atoms with Crippen molar-refractivity contribution in [2.24, 2.45) is 0 Å². The lowest BCUT2D eigenvalue weighted by atomic mass is 10.4. The average Bonchev–Trinajstić information content (AvgIpc) is 2.13. The second kappa shape index (κ2) is 5.62. The third kappa shape index (κ3) is 2.56. The van der Waals surface area contributed by atoms with Crippen LogP contribution in [0, 0.1) is 0 Å². The fourth-order valence-electron chi connectivity index (χ4n) is 0.609. The van der Waals surface area contributed by atoms with E-state index in [2.05, 4.69) is 4.98 Å². The van der Waals surface area contributed by atoms with Crippen LogP contribution in [0.1, 0.15) is 0 Å². The Morgan fingerprint density at radius 1 is 1.58 bits per heavy atom. The lowest BCUT2D eigenvalue weighted by Crippen LogP contribution is -1.93. The highest BCUT2D eigenvalue weighted by Gasteiger charge is 2.01. The van der Waals surface area contributed by atoms with Crippen LogP contribution < -0.4 is 10.5 Å². The van der Waals surface area contributed by atoms with Crippen LogP contribution in [0.15, 0.2) is 12.3 Å². The number of hydrogen-bond donors (Lipinski definition) is 2. The van der Waals surface area contributed by atoms with Gasteiger partial charge in [-0.2, -0.15) is 0 Å². The van der Waals surface area contributed by atoms with Gasteiger partial charge in [0.2, 0.25) is 0 Å². The molecule has 1 aromatic rings. The van der Waals surface area contributed by atoms with Crippen LogP contribution in [0.5, 0.6) is 5.75 Å². The molecule has 0 aliphatic heterocycles. The van der Waals surface area contributed by atoms with Crippen LogP contribution in [0.25, 0.3) is 0 Å². The minimum atomic E-state index is 0.277. The molecule has 0 radical (unpaired) electrons. The smallest absolute Gasteiger partial charge is 0.155 e. The number of pyridine rings is 1. The summed E-state index contributed by atoms with van der Waals surface area (Å²) >= 11 is 5.58. The maximum Gasteiger partial charge on any atom is 0.155 e. The minimum absolute atomic E-state index is 0.277. The Morgan fingerprint density at radius 2 is 2.17 bits per heavy atom. The molecule has 0 fully saturated rings.